The number of amides is 2. The number of rotatable bonds is 5. The molecule has 0 aliphatic carbocycles. The number of aryl methyl sites for hydroxylation is 1. The molecule has 0 aliphatic heterocycles. The molecule has 0 saturated heterocycles. The highest BCUT2D eigenvalue weighted by molar-refractivity contribution is 7.86. The normalized spacial score (nSPS) is 12.1. The number of nitrogens with one attached hydrogen (secondary N) is 2. The Hall–Kier alpha value is -5.50. The van der Waals surface area contributed by atoms with Crippen molar-refractivity contribution in [2.45, 2.75) is 64.9 Å². The third-order valence-corrected chi connectivity index (χ3v) is 5.93. The Balaban J connectivity index is 0.00000100. The molecule has 1 aromatic heterocycles. The Bertz CT molecular complexity index is 1830. The first-order valence-electron chi connectivity index (χ1n) is 14.5. The summed E-state index contributed by atoms with van der Waals surface area (Å²) in [5.41, 5.74) is -5.86. The molecule has 0 unspecified atom stereocenters. The van der Waals surface area contributed by atoms with Crippen molar-refractivity contribution in [3.8, 4) is 5.75 Å². The molecule has 0 radical (unpaired) electrons. The molecule has 0 aliphatic rings. The molecule has 1 heterocycles. The van der Waals surface area contributed by atoms with Crippen molar-refractivity contribution in [1.29, 1.82) is 0 Å². The quantitative estimate of drug-likeness (QED) is 0.0518. The van der Waals surface area contributed by atoms with Crippen LogP contribution in [0, 0.1) is 0 Å². The molecule has 0 saturated carbocycles. The van der Waals surface area contributed by atoms with Gasteiger partial charge in [-0.2, -0.15) is 18.0 Å². The number of ether oxygens (including phenoxy) is 4. The lowest BCUT2D eigenvalue weighted by Crippen LogP contribution is -2.40. The zero-order valence-corrected chi connectivity index (χ0v) is 29.2. The molecule has 0 atom stereocenters. The molecule has 51 heavy (non-hydrogen) atoms. The first-order valence-corrected chi connectivity index (χ1v) is 15.9. The molecule has 2 N–H and O–H groups in total. The molecular weight excluding hydrogens is 707 g/mol. The average Bonchev–Trinajstić information content (AvgIpc) is 3.40. The summed E-state index contributed by atoms with van der Waals surface area (Å²) in [5.74, 6) is -0.541. The number of benzene rings is 2. The van der Waals surface area contributed by atoms with Gasteiger partial charge >= 0.3 is 29.8 Å². The zero-order valence-electron chi connectivity index (χ0n) is 28.4. The fourth-order valence-corrected chi connectivity index (χ4v) is 3.29. The van der Waals surface area contributed by atoms with Crippen molar-refractivity contribution in [2.24, 2.45) is 12.0 Å². The maximum absolute atomic E-state index is 12.7. The van der Waals surface area contributed by atoms with Gasteiger partial charge in [-0.05, 0) is 83.5 Å². The summed E-state index contributed by atoms with van der Waals surface area (Å²) in [6, 6.07) is 12.6. The minimum absolute atomic E-state index is 0.0470. The third-order valence-electron chi connectivity index (χ3n) is 5.36. The molecule has 20 heteroatoms. The number of carbonyl (C=O) groups excluding carboxylic acids is 4. The molecule has 3 aromatic rings. The number of anilines is 1. The number of hydrogen-bond acceptors (Lipinski definition) is 11. The Morgan fingerprint density at radius 1 is 0.902 bits per heavy atom. The number of alkyl carbamates (subject to hydrolysis) is 1. The third kappa shape index (κ3) is 15.7. The lowest BCUT2D eigenvalue weighted by molar-refractivity contribution is -0.670. The Morgan fingerprint density at radius 3 is 1.92 bits per heavy atom. The summed E-state index contributed by atoms with van der Waals surface area (Å²) in [4.78, 5) is 53.1. The van der Waals surface area contributed by atoms with E-state index >= 15 is 0 Å². The van der Waals surface area contributed by atoms with Crippen LogP contribution in [0.3, 0.4) is 0 Å². The summed E-state index contributed by atoms with van der Waals surface area (Å²) in [6.07, 6.45) is 2.62. The van der Waals surface area contributed by atoms with E-state index in [0.29, 0.717) is 17.0 Å². The van der Waals surface area contributed by atoms with Crippen LogP contribution >= 0.6 is 0 Å². The number of halogens is 3. The Morgan fingerprint density at radius 2 is 1.45 bits per heavy atom. The van der Waals surface area contributed by atoms with Gasteiger partial charge in [0.25, 0.3) is 6.33 Å². The molecule has 3 rings (SSSR count). The van der Waals surface area contributed by atoms with Crippen LogP contribution in [0.5, 0.6) is 5.75 Å². The average molecular weight is 744 g/mol. The summed E-state index contributed by atoms with van der Waals surface area (Å²) >= 11 is 0. The number of aliphatic imine (C=N–C) groups is 1. The van der Waals surface area contributed by atoms with E-state index in [1.165, 1.54) is 16.7 Å². The van der Waals surface area contributed by atoms with E-state index in [2.05, 4.69) is 15.6 Å². The van der Waals surface area contributed by atoms with Crippen LogP contribution in [0.1, 0.15) is 57.5 Å². The lowest BCUT2D eigenvalue weighted by atomic mass is 10.2. The zero-order chi connectivity index (χ0) is 38.8. The van der Waals surface area contributed by atoms with E-state index in [0.717, 1.165) is 0 Å². The van der Waals surface area contributed by atoms with Gasteiger partial charge in [0.05, 0.1) is 12.6 Å². The van der Waals surface area contributed by atoms with Crippen molar-refractivity contribution < 1.29 is 68.8 Å². The van der Waals surface area contributed by atoms with Crippen LogP contribution in [-0.2, 0) is 38.0 Å². The Labute approximate surface area is 290 Å². The monoisotopic (exact) mass is 743 g/mol. The summed E-state index contributed by atoms with van der Waals surface area (Å²) < 4.78 is 83.1. The number of hydrogen-bond donors (Lipinski definition) is 2. The standard InChI is InChI=1S/C30H35N5O8.CHF3O3S/c1-29(2,3)42-26(37)32-25(33-27(38)43-30(4,5)6)31-22-12-10-21(11-13-22)24(36)41-23-14-8-20(9-15-23)18-40-28(39)35-17-16-34(7)19-35;2-1(3,4)8(5,6)7/h8-17,19H,18H2,1-7H3,(H-,31,32,33,36,37,38);(H,5,6,7). The van der Waals surface area contributed by atoms with Crippen LogP contribution in [0.4, 0.5) is 33.2 Å². The van der Waals surface area contributed by atoms with E-state index < -0.39 is 51.1 Å². The molecule has 0 fully saturated rings. The van der Waals surface area contributed by atoms with Crippen LogP contribution in [-0.4, -0.2) is 64.5 Å². The van der Waals surface area contributed by atoms with E-state index in [1.807, 2.05) is 0 Å². The second-order valence-corrected chi connectivity index (χ2v) is 13.6. The number of aromatic nitrogens is 2. The largest absolute Gasteiger partial charge is 0.741 e. The molecule has 0 spiro atoms. The van der Waals surface area contributed by atoms with Crippen molar-refractivity contribution in [3.05, 3.63) is 78.4 Å². The molecular formula is C31H36F3N5O11S. The number of carbonyl (C=O) groups is 4. The Kier molecular flexibility index (Phi) is 13.8. The maximum atomic E-state index is 12.7. The number of imidazole rings is 1. The van der Waals surface area contributed by atoms with Crippen molar-refractivity contribution in [2.75, 3.05) is 5.32 Å². The first kappa shape index (κ1) is 41.7. The predicted molar refractivity (Wildman–Crippen MR) is 171 cm³/mol. The number of alkyl halides is 3. The van der Waals surface area contributed by atoms with Crippen LogP contribution in [0.25, 0.3) is 0 Å². The van der Waals surface area contributed by atoms with Gasteiger partial charge in [-0.3, -0.25) is 5.32 Å². The molecule has 0 bridgehead atoms. The van der Waals surface area contributed by atoms with Gasteiger partial charge < -0.3 is 28.8 Å². The topological polar surface area (TPSA) is 208 Å². The lowest BCUT2D eigenvalue weighted by Gasteiger charge is -2.21. The predicted octanol–water partition coefficient (Wildman–Crippen LogP) is 5.00. The van der Waals surface area contributed by atoms with E-state index in [9.17, 15) is 32.3 Å². The van der Waals surface area contributed by atoms with E-state index in [4.69, 9.17) is 31.9 Å². The summed E-state index contributed by atoms with van der Waals surface area (Å²) in [5, 5.41) is 5.21. The fourth-order valence-electron chi connectivity index (χ4n) is 3.29. The minimum Gasteiger partial charge on any atom is -0.741 e. The van der Waals surface area contributed by atoms with Crippen molar-refractivity contribution in [3.63, 3.8) is 0 Å². The van der Waals surface area contributed by atoms with Gasteiger partial charge in [0.15, 0.2) is 10.1 Å². The van der Waals surface area contributed by atoms with Crippen LogP contribution < -0.4 is 19.9 Å². The van der Waals surface area contributed by atoms with Gasteiger partial charge in [-0.1, -0.05) is 12.1 Å². The summed E-state index contributed by atoms with van der Waals surface area (Å²) in [6.45, 7) is 10.2. The smallest absolute Gasteiger partial charge is 0.511 e. The minimum atomic E-state index is -6.09. The fraction of sp³-hybridized carbons (Fsp3) is 0.355. The molecule has 2 aromatic carbocycles. The van der Waals surface area contributed by atoms with Crippen LogP contribution in [0.15, 0.2) is 72.2 Å². The highest BCUT2D eigenvalue weighted by atomic mass is 32.2. The maximum Gasteiger partial charge on any atom is 0.511 e. The van der Waals surface area contributed by atoms with Crippen LogP contribution in [0.2, 0.25) is 0 Å². The van der Waals surface area contributed by atoms with Gasteiger partial charge in [0, 0.05) is 5.69 Å². The van der Waals surface area contributed by atoms with Crippen molar-refractivity contribution >= 4 is 46.0 Å². The highest BCUT2D eigenvalue weighted by Gasteiger charge is 2.37. The second-order valence-electron chi connectivity index (χ2n) is 12.2. The van der Waals surface area contributed by atoms with Gasteiger partial charge in [0.2, 0.25) is 5.96 Å². The van der Waals surface area contributed by atoms with Gasteiger partial charge in [-0.25, -0.2) is 27.4 Å². The SMILES string of the molecule is C[n+]1ccn(C(=O)OCc2ccc(OC(=O)c3ccc(N/C(=N\C(=O)OC(C)(C)C)NC(=O)OC(C)(C)C)cc3)cc2)c1.O=S(=O)([O-])C(F)(F)F. The molecule has 2 amide bonds. The highest BCUT2D eigenvalue weighted by Crippen LogP contribution is 2.20. The van der Waals surface area contributed by atoms with E-state index in [-0.39, 0.29) is 18.1 Å². The van der Waals surface area contributed by atoms with E-state index in [1.54, 1.807) is 108 Å². The molecule has 16 nitrogen and oxygen atoms in total. The second kappa shape index (κ2) is 16.9. The van der Waals surface area contributed by atoms with Gasteiger partial charge in [-0.15, -0.1) is 9.56 Å². The number of guanidine groups is 1. The molecule has 278 valence electrons. The summed E-state index contributed by atoms with van der Waals surface area (Å²) in [7, 11) is -4.30. The van der Waals surface area contributed by atoms with Gasteiger partial charge in [0.1, 0.15) is 36.0 Å². The number of esters is 1. The first-order chi connectivity index (χ1) is 23.3. The van der Waals surface area contributed by atoms with Crippen molar-refractivity contribution in [1.82, 2.24) is 9.88 Å². The number of nitrogens with zero attached hydrogens (tertiary/aromatic N) is 3.